The van der Waals surface area contributed by atoms with E-state index in [1.807, 2.05) is 69.4 Å². The van der Waals surface area contributed by atoms with Crippen LogP contribution in [0.3, 0.4) is 0 Å². The topological polar surface area (TPSA) is 81.8 Å². The summed E-state index contributed by atoms with van der Waals surface area (Å²) in [7, 11) is 0. The second-order valence-electron chi connectivity index (χ2n) is 9.30. The molecule has 2 rings (SSSR count). The lowest BCUT2D eigenvalue weighted by atomic mass is 9.82. The van der Waals surface area contributed by atoms with E-state index in [4.69, 9.17) is 13.9 Å². The molecule has 1 saturated carbocycles. The number of aryl methyl sites for hydroxylation is 1. The van der Waals surface area contributed by atoms with Crippen LogP contribution in [0.4, 0.5) is 0 Å². The summed E-state index contributed by atoms with van der Waals surface area (Å²) in [5, 5.41) is 9.23. The average Bonchev–Trinajstić information content (AvgIpc) is 3.27. The molecule has 1 aromatic heterocycles. The predicted molar refractivity (Wildman–Crippen MR) is 146 cm³/mol. The summed E-state index contributed by atoms with van der Waals surface area (Å²) in [5.41, 5.74) is -0.256. The lowest BCUT2D eigenvalue weighted by Crippen LogP contribution is -2.37. The number of aromatic nitrogens is 1. The largest absolute Gasteiger partial charge is 0.479 e. The van der Waals surface area contributed by atoms with Crippen LogP contribution >= 0.6 is 0 Å². The lowest BCUT2D eigenvalue weighted by Gasteiger charge is -2.31. The molecule has 2 unspecified atom stereocenters. The zero-order valence-corrected chi connectivity index (χ0v) is 23.2. The number of carbonyl (C=O) groups is 1. The van der Waals surface area contributed by atoms with Gasteiger partial charge >= 0.3 is 5.97 Å². The molecule has 0 amide bonds. The van der Waals surface area contributed by atoms with Gasteiger partial charge in [-0.15, -0.1) is 0 Å². The van der Waals surface area contributed by atoms with Gasteiger partial charge in [0.1, 0.15) is 11.5 Å². The first-order valence-corrected chi connectivity index (χ1v) is 13.4. The Bertz CT molecular complexity index is 863. The number of oxazole rings is 1. The van der Waals surface area contributed by atoms with Gasteiger partial charge in [-0.05, 0) is 51.9 Å². The van der Waals surface area contributed by atoms with Crippen LogP contribution in [0.1, 0.15) is 84.6 Å². The maximum Gasteiger partial charge on any atom is 0.335 e. The lowest BCUT2D eigenvalue weighted by molar-refractivity contribution is -0.163. The molecule has 0 aliphatic heterocycles. The molecule has 0 saturated heterocycles. The Morgan fingerprint density at radius 3 is 2.36 bits per heavy atom. The Labute approximate surface area is 218 Å². The third kappa shape index (κ3) is 12.0. The maximum absolute atomic E-state index is 11.3. The molecule has 1 aliphatic rings. The van der Waals surface area contributed by atoms with Crippen LogP contribution in [0.25, 0.3) is 0 Å². The number of carboxylic acids is 1. The normalized spacial score (nSPS) is 18.9. The molecule has 202 valence electrons. The van der Waals surface area contributed by atoms with Gasteiger partial charge in [-0.1, -0.05) is 75.8 Å². The second kappa shape index (κ2) is 17.9. The fourth-order valence-electron chi connectivity index (χ4n) is 3.94. The quantitative estimate of drug-likeness (QED) is 0.270. The number of nitrogens with zero attached hydrogens (tertiary/aromatic N) is 1. The van der Waals surface area contributed by atoms with E-state index in [2.05, 4.69) is 11.9 Å². The molecule has 1 fully saturated rings. The van der Waals surface area contributed by atoms with E-state index in [-0.39, 0.29) is 0 Å². The van der Waals surface area contributed by atoms with Crippen LogP contribution < -0.4 is 0 Å². The summed E-state index contributed by atoms with van der Waals surface area (Å²) in [4.78, 5) is 15.9. The van der Waals surface area contributed by atoms with E-state index in [0.29, 0.717) is 44.0 Å². The Balaban J connectivity index is 0.00000316. The van der Waals surface area contributed by atoms with Gasteiger partial charge in [-0.3, -0.25) is 0 Å². The zero-order valence-electron chi connectivity index (χ0n) is 23.2. The van der Waals surface area contributed by atoms with Gasteiger partial charge in [0, 0.05) is 19.4 Å². The van der Waals surface area contributed by atoms with Crippen molar-refractivity contribution >= 4 is 5.97 Å². The molecule has 0 aromatic carbocycles. The minimum Gasteiger partial charge on any atom is -0.479 e. The molecular formula is C30H47NO5. The molecular weight excluding hydrogens is 454 g/mol. The summed E-state index contributed by atoms with van der Waals surface area (Å²) in [6, 6.07) is 0. The van der Waals surface area contributed by atoms with Gasteiger partial charge < -0.3 is 19.0 Å². The first-order chi connectivity index (χ1) is 17.4. The fourth-order valence-corrected chi connectivity index (χ4v) is 3.94. The van der Waals surface area contributed by atoms with E-state index >= 15 is 0 Å². The highest BCUT2D eigenvalue weighted by molar-refractivity contribution is 5.76. The van der Waals surface area contributed by atoms with Crippen molar-refractivity contribution in [1.82, 2.24) is 4.98 Å². The van der Waals surface area contributed by atoms with Crippen LogP contribution in [-0.2, 0) is 33.7 Å². The SMILES string of the molecule is C/C=C/C=C\C=C/C=C/Cc1nc(COCC2CCCC(COC(C)(C)C(=O)O)C2)c(CC)o1.CC. The summed E-state index contributed by atoms with van der Waals surface area (Å²) in [6.07, 6.45) is 21.7. The van der Waals surface area contributed by atoms with E-state index in [1.54, 1.807) is 13.8 Å². The van der Waals surface area contributed by atoms with E-state index in [0.717, 1.165) is 43.6 Å². The van der Waals surface area contributed by atoms with Crippen LogP contribution in [-0.4, -0.2) is 34.9 Å². The van der Waals surface area contributed by atoms with Crippen molar-refractivity contribution in [2.24, 2.45) is 11.8 Å². The molecule has 1 aliphatic carbocycles. The summed E-state index contributed by atoms with van der Waals surface area (Å²) in [5.74, 6) is 1.51. The summed E-state index contributed by atoms with van der Waals surface area (Å²) < 4.78 is 17.6. The molecule has 0 spiro atoms. The van der Waals surface area contributed by atoms with Crippen molar-refractivity contribution in [3.8, 4) is 0 Å². The van der Waals surface area contributed by atoms with Crippen molar-refractivity contribution in [3.05, 3.63) is 66.0 Å². The van der Waals surface area contributed by atoms with Crippen LogP contribution in [0.5, 0.6) is 0 Å². The van der Waals surface area contributed by atoms with Gasteiger partial charge in [0.2, 0.25) is 0 Å². The molecule has 0 radical (unpaired) electrons. The number of allylic oxidation sites excluding steroid dienone is 8. The highest BCUT2D eigenvalue weighted by Crippen LogP contribution is 2.30. The molecule has 2 atom stereocenters. The van der Waals surface area contributed by atoms with E-state index < -0.39 is 11.6 Å². The zero-order chi connectivity index (χ0) is 26.8. The van der Waals surface area contributed by atoms with Crippen molar-refractivity contribution in [1.29, 1.82) is 0 Å². The number of aliphatic carboxylic acids is 1. The van der Waals surface area contributed by atoms with Crippen LogP contribution in [0.2, 0.25) is 0 Å². The van der Waals surface area contributed by atoms with Gasteiger partial charge in [0.05, 0.1) is 13.2 Å². The van der Waals surface area contributed by atoms with Gasteiger partial charge in [0.15, 0.2) is 11.5 Å². The standard InChI is InChI=1S/C28H41NO5.C2H6/c1-5-7-8-9-10-11-12-13-17-26-29-24(25(6-2)34-26)21-32-19-22-15-14-16-23(18-22)20-33-28(3,4)27(30)31;1-2/h5,7-13,22-23H,6,14-21H2,1-4H3,(H,30,31);1-2H3/b7-5+,9-8-,11-10-,13-12+;. The molecule has 6 heteroatoms. The number of hydrogen-bond acceptors (Lipinski definition) is 5. The molecule has 1 N–H and O–H groups in total. The Morgan fingerprint density at radius 2 is 1.72 bits per heavy atom. The Morgan fingerprint density at radius 1 is 1.08 bits per heavy atom. The minimum absolute atomic E-state index is 0.380. The molecule has 6 nitrogen and oxygen atoms in total. The fraction of sp³-hybridized carbons (Fsp3) is 0.600. The van der Waals surface area contributed by atoms with Gasteiger partial charge in [-0.2, -0.15) is 0 Å². The third-order valence-corrected chi connectivity index (χ3v) is 6.00. The Hall–Kier alpha value is -2.44. The highest BCUT2D eigenvalue weighted by Gasteiger charge is 2.30. The van der Waals surface area contributed by atoms with Crippen molar-refractivity contribution < 1.29 is 23.8 Å². The average molecular weight is 502 g/mol. The third-order valence-electron chi connectivity index (χ3n) is 6.00. The number of hydrogen-bond donors (Lipinski definition) is 1. The summed E-state index contributed by atoms with van der Waals surface area (Å²) in [6.45, 7) is 12.9. The summed E-state index contributed by atoms with van der Waals surface area (Å²) >= 11 is 0. The highest BCUT2D eigenvalue weighted by atomic mass is 16.5. The van der Waals surface area contributed by atoms with Crippen molar-refractivity contribution in [2.45, 2.75) is 92.3 Å². The number of carboxylic acid groups (broad SMARTS) is 1. The monoisotopic (exact) mass is 501 g/mol. The first-order valence-electron chi connectivity index (χ1n) is 13.4. The second-order valence-corrected chi connectivity index (χ2v) is 9.30. The van der Waals surface area contributed by atoms with E-state index in [9.17, 15) is 9.90 Å². The number of rotatable bonds is 14. The minimum atomic E-state index is -1.14. The molecule has 1 heterocycles. The van der Waals surface area contributed by atoms with Crippen LogP contribution in [0, 0.1) is 11.8 Å². The number of ether oxygens (including phenoxy) is 2. The van der Waals surface area contributed by atoms with E-state index in [1.165, 1.54) is 0 Å². The molecule has 0 bridgehead atoms. The van der Waals surface area contributed by atoms with Crippen molar-refractivity contribution in [3.63, 3.8) is 0 Å². The Kier molecular flexibility index (Phi) is 15.7. The maximum atomic E-state index is 11.3. The molecule has 36 heavy (non-hydrogen) atoms. The van der Waals surface area contributed by atoms with Crippen molar-refractivity contribution in [2.75, 3.05) is 13.2 Å². The first kappa shape index (κ1) is 31.6. The van der Waals surface area contributed by atoms with Gasteiger partial charge in [-0.25, -0.2) is 9.78 Å². The smallest absolute Gasteiger partial charge is 0.335 e. The van der Waals surface area contributed by atoms with Gasteiger partial charge in [0.25, 0.3) is 0 Å². The predicted octanol–water partition coefficient (Wildman–Crippen LogP) is 7.25. The molecule has 1 aromatic rings. The van der Waals surface area contributed by atoms with Crippen LogP contribution in [0.15, 0.2) is 53.0 Å².